The molecule has 1 aliphatic rings. The van der Waals surface area contributed by atoms with Crippen molar-refractivity contribution >= 4 is 64.1 Å². The molecular formula is C46H67N13O10. The van der Waals surface area contributed by atoms with E-state index in [4.69, 9.17) is 22.6 Å². The molecule has 17 N–H and O–H groups in total. The summed E-state index contributed by atoms with van der Waals surface area (Å²) in [6, 6.07) is 6.38. The Morgan fingerprint density at radius 3 is 2.09 bits per heavy atom. The van der Waals surface area contributed by atoms with Crippen LogP contribution in [0.5, 0.6) is 0 Å². The molecule has 376 valence electrons. The summed E-state index contributed by atoms with van der Waals surface area (Å²) in [5.74, 6) is -6.91. The van der Waals surface area contributed by atoms with Gasteiger partial charge in [-0.3, -0.25) is 43.8 Å². The first-order valence-corrected chi connectivity index (χ1v) is 22.8. The van der Waals surface area contributed by atoms with Gasteiger partial charge in [-0.1, -0.05) is 62.4 Å². The molecule has 4 rings (SSSR count). The minimum atomic E-state index is -1.65. The lowest BCUT2D eigenvalue weighted by Crippen LogP contribution is -2.61. The highest BCUT2D eigenvalue weighted by Crippen LogP contribution is 2.22. The van der Waals surface area contributed by atoms with Crippen molar-refractivity contribution in [2.75, 3.05) is 20.1 Å². The van der Waals surface area contributed by atoms with Crippen LogP contribution in [0.2, 0.25) is 0 Å². The van der Waals surface area contributed by atoms with Crippen molar-refractivity contribution < 1.29 is 48.6 Å². The van der Waals surface area contributed by atoms with Crippen molar-refractivity contribution in [1.29, 1.82) is 5.41 Å². The standard InChI is InChI=1S/C46H67N13O10/c1-24(2)17-34(42(66)54-32(15-10-16-52-46(50)51-4)41(65)55-33(39(49)63)19-27-22-53-31-14-9-8-13-29(27)31)56-43(67)36-20-28(61)23-59(36)45(69)35(18-26-11-6-5-7-12-26)57-44(68)38(25(3)60)58-40(64)30(47)21-37(48)62/h5-9,11-14,22,24-25,28,30,32-36,38,53,60-61H,10,15-21,23,47H2,1-4H3,(H2,48,62)(H2,49,63)(H,54,66)(H,55,65)(H,56,67)(H,57,68)(H,58,64)(H3,50,51,52)/t25-,28-,30+,32+,33+,34+,35+,36+,38+/m1/s1. The molecule has 0 unspecified atom stereocenters. The number of hydrogen-bond donors (Lipinski definition) is 14. The molecule has 0 aliphatic carbocycles. The number of hydrogen-bond acceptors (Lipinski definition) is 12. The lowest BCUT2D eigenvalue weighted by molar-refractivity contribution is -0.143. The first-order chi connectivity index (χ1) is 32.7. The van der Waals surface area contributed by atoms with Crippen molar-refractivity contribution in [3.63, 3.8) is 0 Å². The Morgan fingerprint density at radius 2 is 1.45 bits per heavy atom. The molecule has 1 saturated heterocycles. The third kappa shape index (κ3) is 16.3. The number of benzene rings is 2. The van der Waals surface area contributed by atoms with Gasteiger partial charge in [0.1, 0.15) is 36.3 Å². The van der Waals surface area contributed by atoms with E-state index in [0.717, 1.165) is 21.4 Å². The van der Waals surface area contributed by atoms with Gasteiger partial charge in [0.2, 0.25) is 47.3 Å². The number of nitrogens with one attached hydrogen (secondary N) is 9. The molecule has 23 heteroatoms. The van der Waals surface area contributed by atoms with Crippen molar-refractivity contribution in [1.82, 2.24) is 47.1 Å². The molecule has 0 radical (unpaired) electrons. The van der Waals surface area contributed by atoms with Crippen LogP contribution in [0, 0.1) is 11.3 Å². The predicted octanol–water partition coefficient (Wildman–Crippen LogP) is -3.02. The summed E-state index contributed by atoms with van der Waals surface area (Å²) >= 11 is 0. The van der Waals surface area contributed by atoms with E-state index in [-0.39, 0.29) is 63.5 Å². The number of guanidine groups is 1. The summed E-state index contributed by atoms with van der Waals surface area (Å²) in [7, 11) is 1.56. The zero-order valence-corrected chi connectivity index (χ0v) is 39.3. The Morgan fingerprint density at radius 1 is 0.812 bits per heavy atom. The normalized spacial score (nSPS) is 17.5. The van der Waals surface area contributed by atoms with E-state index < -0.39 is 108 Å². The minimum absolute atomic E-state index is 0.0296. The average Bonchev–Trinajstić information content (AvgIpc) is 3.90. The van der Waals surface area contributed by atoms with Crippen molar-refractivity contribution in [3.05, 3.63) is 71.9 Å². The molecule has 2 heterocycles. The summed E-state index contributed by atoms with van der Waals surface area (Å²) < 4.78 is 0. The number of fused-ring (bicyclic) bond motifs is 1. The number of nitrogens with zero attached hydrogens (tertiary/aromatic N) is 1. The van der Waals surface area contributed by atoms with Gasteiger partial charge in [-0.05, 0) is 49.3 Å². The summed E-state index contributed by atoms with van der Waals surface area (Å²) in [4.78, 5) is 112. The van der Waals surface area contributed by atoms with E-state index in [0.29, 0.717) is 5.56 Å². The van der Waals surface area contributed by atoms with E-state index in [2.05, 4.69) is 42.2 Å². The zero-order chi connectivity index (χ0) is 50.9. The number of rotatable bonds is 25. The number of carbonyl (C=O) groups is 8. The van der Waals surface area contributed by atoms with Crippen LogP contribution in [0.4, 0.5) is 0 Å². The predicted molar refractivity (Wildman–Crippen MR) is 254 cm³/mol. The van der Waals surface area contributed by atoms with Gasteiger partial charge in [0.05, 0.1) is 24.7 Å². The molecular weight excluding hydrogens is 895 g/mol. The van der Waals surface area contributed by atoms with E-state index in [9.17, 15) is 48.6 Å². The van der Waals surface area contributed by atoms with Gasteiger partial charge in [0.25, 0.3) is 0 Å². The fourth-order valence-electron chi connectivity index (χ4n) is 7.93. The Hall–Kier alpha value is -7.11. The van der Waals surface area contributed by atoms with Crippen molar-refractivity contribution in [2.45, 2.75) is 120 Å². The highest BCUT2D eigenvalue weighted by molar-refractivity contribution is 5.98. The molecule has 1 aliphatic heterocycles. The van der Waals surface area contributed by atoms with Crippen LogP contribution < -0.4 is 54.4 Å². The summed E-state index contributed by atoms with van der Waals surface area (Å²) in [6.45, 7) is 4.73. The molecule has 1 fully saturated rings. The molecule has 1 aromatic heterocycles. The number of likely N-dealkylation sites (tertiary alicyclic amines) is 1. The number of carbonyl (C=O) groups excluding carboxylic acids is 8. The summed E-state index contributed by atoms with van der Waals surface area (Å²) in [5.41, 5.74) is 18.8. The molecule has 0 bridgehead atoms. The SMILES string of the molecule is CNC(=N)NCCC[C@H](NC(=O)[C@H](CC(C)C)NC(=O)[C@@H]1C[C@@H](O)CN1C(=O)[C@H](Cc1ccccc1)NC(=O)[C@@H](NC(=O)[C@@H](N)CC(N)=O)[C@@H](C)O)C(=O)N[C@@H](Cc1c[nH]c2ccccc12)C(N)=O. The lowest BCUT2D eigenvalue weighted by atomic mass is 10.0. The van der Waals surface area contributed by atoms with Crippen LogP contribution in [-0.4, -0.2) is 148 Å². The molecule has 2 aromatic carbocycles. The number of para-hydroxylation sites is 1. The number of aliphatic hydroxyl groups excluding tert-OH is 2. The molecule has 0 spiro atoms. The lowest BCUT2D eigenvalue weighted by Gasteiger charge is -2.31. The highest BCUT2D eigenvalue weighted by Gasteiger charge is 2.43. The number of H-pyrrole nitrogens is 1. The van der Waals surface area contributed by atoms with Gasteiger partial charge in [-0.25, -0.2) is 0 Å². The monoisotopic (exact) mass is 962 g/mol. The third-order valence-corrected chi connectivity index (χ3v) is 11.5. The molecule has 8 amide bonds. The number of primary amides is 2. The Bertz CT molecular complexity index is 2290. The second kappa shape index (κ2) is 25.9. The topological polar surface area (TPSA) is 382 Å². The summed E-state index contributed by atoms with van der Waals surface area (Å²) in [6.07, 6.45) is -1.47. The molecule has 69 heavy (non-hydrogen) atoms. The maximum absolute atomic E-state index is 14.5. The van der Waals surface area contributed by atoms with E-state index in [1.165, 1.54) is 6.92 Å². The maximum atomic E-state index is 14.5. The Balaban J connectivity index is 1.56. The fourth-order valence-corrected chi connectivity index (χ4v) is 7.93. The first-order valence-electron chi connectivity index (χ1n) is 22.8. The first kappa shape index (κ1) is 54.5. The van der Waals surface area contributed by atoms with Crippen LogP contribution in [0.1, 0.15) is 64.0 Å². The van der Waals surface area contributed by atoms with E-state index >= 15 is 0 Å². The fraction of sp³-hybridized carbons (Fsp3) is 0.500. The van der Waals surface area contributed by atoms with Crippen molar-refractivity contribution in [3.8, 4) is 0 Å². The number of aliphatic hydroxyl groups is 2. The second-order valence-electron chi connectivity index (χ2n) is 17.6. The molecule has 0 saturated carbocycles. The number of β-amino-alcohol motifs (C(OH)–C–C–N with tert-alkyl or cyclic N) is 1. The number of aromatic nitrogens is 1. The maximum Gasteiger partial charge on any atom is 0.246 e. The summed E-state index contributed by atoms with van der Waals surface area (Å²) in [5, 5.41) is 48.6. The Labute approximate surface area is 399 Å². The number of aromatic amines is 1. The smallest absolute Gasteiger partial charge is 0.246 e. The second-order valence-corrected chi connectivity index (χ2v) is 17.6. The number of nitrogens with two attached hydrogens (primary N) is 3. The van der Waals surface area contributed by atoms with Crippen LogP contribution in [0.25, 0.3) is 10.9 Å². The minimum Gasteiger partial charge on any atom is -0.391 e. The van der Waals surface area contributed by atoms with E-state index in [1.807, 2.05) is 38.1 Å². The van der Waals surface area contributed by atoms with Crippen LogP contribution >= 0.6 is 0 Å². The van der Waals surface area contributed by atoms with Crippen LogP contribution in [0.15, 0.2) is 60.8 Å². The number of amides is 8. The van der Waals surface area contributed by atoms with Crippen LogP contribution in [-0.2, 0) is 51.2 Å². The third-order valence-electron chi connectivity index (χ3n) is 11.5. The van der Waals surface area contributed by atoms with Gasteiger partial charge >= 0.3 is 0 Å². The van der Waals surface area contributed by atoms with Crippen molar-refractivity contribution in [2.24, 2.45) is 23.1 Å². The van der Waals surface area contributed by atoms with Crippen LogP contribution in [0.3, 0.4) is 0 Å². The van der Waals surface area contributed by atoms with Gasteiger partial charge < -0.3 is 74.5 Å². The molecule has 3 aromatic rings. The largest absolute Gasteiger partial charge is 0.391 e. The highest BCUT2D eigenvalue weighted by atomic mass is 16.3. The van der Waals surface area contributed by atoms with Gasteiger partial charge in [0, 0.05) is 56.5 Å². The average molecular weight is 962 g/mol. The van der Waals surface area contributed by atoms with Gasteiger partial charge in [0.15, 0.2) is 5.96 Å². The quantitative estimate of drug-likeness (QED) is 0.0229. The zero-order valence-electron chi connectivity index (χ0n) is 39.3. The molecule has 23 nitrogen and oxygen atoms in total. The molecule has 9 atom stereocenters. The van der Waals surface area contributed by atoms with E-state index in [1.54, 1.807) is 43.6 Å². The van der Waals surface area contributed by atoms with Gasteiger partial charge in [-0.2, -0.15) is 0 Å². The Kier molecular flexibility index (Phi) is 20.4. The van der Waals surface area contributed by atoms with Gasteiger partial charge in [-0.15, -0.1) is 0 Å².